The highest BCUT2D eigenvalue weighted by Crippen LogP contribution is 2.32. The number of rotatable bonds is 9. The van der Waals surface area contributed by atoms with E-state index in [0.717, 1.165) is 10.2 Å². The number of nitrogens with zero attached hydrogens (tertiary/aromatic N) is 4. The predicted molar refractivity (Wildman–Crippen MR) is 145 cm³/mol. The minimum atomic E-state index is -3.77. The van der Waals surface area contributed by atoms with E-state index in [1.807, 2.05) is 43.3 Å². The monoisotopic (exact) mass is 524 g/mol. The van der Waals surface area contributed by atoms with Crippen LogP contribution in [0.2, 0.25) is 0 Å². The van der Waals surface area contributed by atoms with Crippen LogP contribution in [-0.2, 0) is 10.0 Å². The van der Waals surface area contributed by atoms with Crippen molar-refractivity contribution < 1.29 is 17.9 Å². The number of amides is 1. The molecule has 4 aromatic rings. The van der Waals surface area contributed by atoms with Gasteiger partial charge in [-0.25, -0.2) is 13.4 Å². The van der Waals surface area contributed by atoms with Crippen molar-refractivity contribution in [2.24, 2.45) is 0 Å². The Morgan fingerprint density at radius 3 is 2.28 bits per heavy atom. The lowest BCUT2D eigenvalue weighted by atomic mass is 10.2. The number of carbonyl (C=O) groups excluding carboxylic acids is 1. The van der Waals surface area contributed by atoms with E-state index in [2.05, 4.69) is 4.98 Å². The van der Waals surface area contributed by atoms with Crippen LogP contribution in [0.1, 0.15) is 10.4 Å². The van der Waals surface area contributed by atoms with E-state index in [1.54, 1.807) is 48.4 Å². The van der Waals surface area contributed by atoms with Gasteiger partial charge in [0.1, 0.15) is 5.75 Å². The molecule has 0 atom stereocenters. The number of aromatic nitrogens is 1. The third kappa shape index (κ3) is 5.35. The minimum Gasteiger partial charge on any atom is -0.497 e. The molecule has 3 aromatic carbocycles. The molecular weight excluding hydrogens is 496 g/mol. The number of methoxy groups -OCH3 is 1. The molecule has 0 radical (unpaired) electrons. The lowest BCUT2D eigenvalue weighted by Gasteiger charge is -2.22. The number of sulfonamides is 1. The van der Waals surface area contributed by atoms with Crippen LogP contribution in [0.4, 0.5) is 10.8 Å². The van der Waals surface area contributed by atoms with Crippen molar-refractivity contribution in [1.29, 1.82) is 0 Å². The maximum Gasteiger partial charge on any atom is 0.264 e. The second-order valence-electron chi connectivity index (χ2n) is 8.42. The molecule has 0 aliphatic heterocycles. The number of hydrogen-bond donors (Lipinski definition) is 0. The Morgan fingerprint density at radius 1 is 0.944 bits per heavy atom. The van der Waals surface area contributed by atoms with Gasteiger partial charge < -0.3 is 9.64 Å². The highest BCUT2D eigenvalue weighted by molar-refractivity contribution is 7.92. The van der Waals surface area contributed by atoms with Crippen molar-refractivity contribution in [1.82, 2.24) is 9.88 Å². The molecule has 0 aliphatic carbocycles. The van der Waals surface area contributed by atoms with Crippen molar-refractivity contribution in [2.75, 3.05) is 50.5 Å². The van der Waals surface area contributed by atoms with Crippen LogP contribution >= 0.6 is 11.3 Å². The van der Waals surface area contributed by atoms with Crippen LogP contribution in [0.15, 0.2) is 77.7 Å². The molecule has 0 unspecified atom stereocenters. The second-order valence-corrected chi connectivity index (χ2v) is 11.4. The molecule has 0 aliphatic rings. The summed E-state index contributed by atoms with van der Waals surface area (Å²) in [4.78, 5) is 22.0. The number of likely N-dealkylation sites (N-methyl/N-ethyl adjacent to an activating group) is 1. The van der Waals surface area contributed by atoms with E-state index >= 15 is 0 Å². The number of anilines is 2. The van der Waals surface area contributed by atoms with Gasteiger partial charge in [0.05, 0.1) is 27.9 Å². The van der Waals surface area contributed by atoms with Crippen LogP contribution < -0.4 is 13.9 Å². The van der Waals surface area contributed by atoms with Gasteiger partial charge >= 0.3 is 0 Å². The number of hydrogen-bond acceptors (Lipinski definition) is 7. The number of fused-ring (bicyclic) bond motifs is 1. The average Bonchev–Trinajstić information content (AvgIpc) is 3.31. The highest BCUT2D eigenvalue weighted by atomic mass is 32.2. The smallest absolute Gasteiger partial charge is 0.264 e. The number of benzene rings is 3. The molecule has 0 saturated heterocycles. The van der Waals surface area contributed by atoms with Crippen molar-refractivity contribution in [3.05, 3.63) is 78.4 Å². The summed E-state index contributed by atoms with van der Waals surface area (Å²) in [5, 5.41) is 0.575. The zero-order valence-electron chi connectivity index (χ0n) is 20.6. The van der Waals surface area contributed by atoms with Crippen molar-refractivity contribution in [2.45, 2.75) is 4.90 Å². The van der Waals surface area contributed by atoms with Gasteiger partial charge in [-0.05, 0) is 62.6 Å². The van der Waals surface area contributed by atoms with Crippen LogP contribution in [0.25, 0.3) is 10.2 Å². The molecule has 10 heteroatoms. The van der Waals surface area contributed by atoms with E-state index in [0.29, 0.717) is 35.2 Å². The van der Waals surface area contributed by atoms with Crippen LogP contribution in [0, 0.1) is 0 Å². The molecule has 8 nitrogen and oxygen atoms in total. The van der Waals surface area contributed by atoms with Gasteiger partial charge in [-0.15, -0.1) is 0 Å². The van der Waals surface area contributed by atoms with E-state index in [9.17, 15) is 13.2 Å². The van der Waals surface area contributed by atoms with Gasteiger partial charge in [-0.1, -0.05) is 29.5 Å². The summed E-state index contributed by atoms with van der Waals surface area (Å²) in [6.45, 7) is 1.07. The molecule has 0 N–H and O–H groups in total. The molecular formula is C26H28N4O4S2. The molecule has 36 heavy (non-hydrogen) atoms. The Morgan fingerprint density at radius 2 is 1.64 bits per heavy atom. The normalized spacial score (nSPS) is 11.6. The first-order chi connectivity index (χ1) is 17.2. The fourth-order valence-corrected chi connectivity index (χ4v) is 5.75. The summed E-state index contributed by atoms with van der Waals surface area (Å²) in [5.41, 5.74) is 1.69. The molecule has 0 spiro atoms. The topological polar surface area (TPSA) is 83.0 Å². The van der Waals surface area contributed by atoms with Gasteiger partial charge in [0.15, 0.2) is 5.13 Å². The number of carbonyl (C=O) groups is 1. The summed E-state index contributed by atoms with van der Waals surface area (Å²) in [6.07, 6.45) is 0. The molecule has 1 aromatic heterocycles. The summed E-state index contributed by atoms with van der Waals surface area (Å²) >= 11 is 1.43. The number of ether oxygens (including phenoxy) is 1. The molecule has 1 heterocycles. The first-order valence-electron chi connectivity index (χ1n) is 11.3. The Bertz CT molecular complexity index is 1450. The minimum absolute atomic E-state index is 0.109. The van der Waals surface area contributed by atoms with Gasteiger partial charge in [0.25, 0.3) is 15.9 Å². The average molecular weight is 525 g/mol. The van der Waals surface area contributed by atoms with Gasteiger partial charge in [-0.3, -0.25) is 14.0 Å². The van der Waals surface area contributed by atoms with Gasteiger partial charge in [0.2, 0.25) is 0 Å². The Hall–Kier alpha value is -3.47. The second kappa shape index (κ2) is 10.7. The zero-order valence-corrected chi connectivity index (χ0v) is 22.2. The van der Waals surface area contributed by atoms with Gasteiger partial charge in [0, 0.05) is 31.8 Å². The van der Waals surface area contributed by atoms with Crippen molar-refractivity contribution in [3.8, 4) is 5.75 Å². The molecule has 4 rings (SSSR count). The lowest BCUT2D eigenvalue weighted by molar-refractivity contribution is 0.0985. The summed E-state index contributed by atoms with van der Waals surface area (Å²) < 4.78 is 33.7. The third-order valence-electron chi connectivity index (χ3n) is 5.71. The van der Waals surface area contributed by atoms with Crippen LogP contribution in [0.3, 0.4) is 0 Å². The lowest BCUT2D eigenvalue weighted by Crippen LogP contribution is -2.36. The standard InChI is InChI=1S/C26H28N4O4S2/c1-28(2)16-17-30(26-27-23-18-21(34-4)12-15-24(23)35-26)25(31)19-10-13-22(14-11-19)36(32,33)29(3)20-8-6-5-7-9-20/h5-15,18H,16-17H2,1-4H3. The predicted octanol–water partition coefficient (Wildman–Crippen LogP) is 4.34. The first kappa shape index (κ1) is 25.6. The Balaban J connectivity index is 1.63. The summed E-state index contributed by atoms with van der Waals surface area (Å²) in [6, 6.07) is 20.5. The van der Waals surface area contributed by atoms with Crippen LogP contribution in [0.5, 0.6) is 5.75 Å². The Kier molecular flexibility index (Phi) is 7.58. The zero-order chi connectivity index (χ0) is 25.9. The summed E-state index contributed by atoms with van der Waals surface area (Å²) in [5.74, 6) is 0.450. The van der Waals surface area contributed by atoms with Crippen LogP contribution in [-0.4, -0.2) is 65.6 Å². The maximum atomic E-state index is 13.6. The largest absolute Gasteiger partial charge is 0.497 e. The fourth-order valence-electron chi connectivity index (χ4n) is 3.58. The molecule has 0 saturated carbocycles. The van der Waals surface area contributed by atoms with Crippen molar-refractivity contribution in [3.63, 3.8) is 0 Å². The third-order valence-corrected chi connectivity index (χ3v) is 8.57. The molecule has 0 bridgehead atoms. The highest BCUT2D eigenvalue weighted by Gasteiger charge is 2.24. The van der Waals surface area contributed by atoms with E-state index in [4.69, 9.17) is 4.74 Å². The quantitative estimate of drug-likeness (QED) is 0.324. The van der Waals surface area contributed by atoms with E-state index in [-0.39, 0.29) is 10.8 Å². The molecule has 1 amide bonds. The van der Waals surface area contributed by atoms with Crippen molar-refractivity contribution >= 4 is 48.3 Å². The Labute approximate surface area is 215 Å². The van der Waals surface area contributed by atoms with Gasteiger partial charge in [-0.2, -0.15) is 0 Å². The van der Waals surface area contributed by atoms with E-state index in [1.165, 1.54) is 34.8 Å². The maximum absolute atomic E-state index is 13.6. The SMILES string of the molecule is COc1ccc2sc(N(CCN(C)C)C(=O)c3ccc(S(=O)(=O)N(C)c4ccccc4)cc3)nc2c1. The summed E-state index contributed by atoms with van der Waals surface area (Å²) in [7, 11) is 3.21. The number of thiazole rings is 1. The number of para-hydroxylation sites is 1. The molecule has 188 valence electrons. The van der Waals surface area contributed by atoms with E-state index < -0.39 is 10.0 Å². The fraction of sp³-hybridized carbons (Fsp3) is 0.231. The molecule has 0 fully saturated rings. The first-order valence-corrected chi connectivity index (χ1v) is 13.5.